The van der Waals surface area contributed by atoms with E-state index in [0.717, 1.165) is 28.9 Å². The van der Waals surface area contributed by atoms with Crippen LogP contribution in [0.1, 0.15) is 32.3 Å². The molecule has 0 heterocycles. The van der Waals surface area contributed by atoms with Gasteiger partial charge in [-0.05, 0) is 44.0 Å². The normalized spacial score (nSPS) is 10.8. The van der Waals surface area contributed by atoms with Gasteiger partial charge in [0.05, 0.1) is 7.11 Å². The van der Waals surface area contributed by atoms with Crippen molar-refractivity contribution >= 4 is 5.91 Å². The number of methoxy groups -OCH3 is 1. The number of nitrogens with zero attached hydrogens (tertiary/aromatic N) is 1. The van der Waals surface area contributed by atoms with E-state index in [2.05, 4.69) is 24.3 Å². The molecule has 2 N–H and O–H groups in total. The van der Waals surface area contributed by atoms with Crippen LogP contribution < -0.4 is 10.5 Å². The van der Waals surface area contributed by atoms with Crippen molar-refractivity contribution < 1.29 is 9.53 Å². The van der Waals surface area contributed by atoms with Gasteiger partial charge in [0.2, 0.25) is 5.91 Å². The number of benzene rings is 2. The lowest BCUT2D eigenvalue weighted by Gasteiger charge is -2.27. The standard InChI is InChI=1S/C21H28N2O2/c1-16(2)23(21(24)9-6-14-22)15-17-10-12-18(13-11-17)19-7-4-5-8-20(19)25-3/h4-5,7-8,10-13,16H,6,9,14-15,22H2,1-3H3. The Morgan fingerprint density at radius 3 is 2.40 bits per heavy atom. The van der Waals surface area contributed by atoms with E-state index in [-0.39, 0.29) is 11.9 Å². The minimum absolute atomic E-state index is 0.161. The zero-order valence-electron chi connectivity index (χ0n) is 15.4. The molecule has 1 amide bonds. The number of amides is 1. The Morgan fingerprint density at radius 2 is 1.80 bits per heavy atom. The Balaban J connectivity index is 2.14. The smallest absolute Gasteiger partial charge is 0.223 e. The van der Waals surface area contributed by atoms with E-state index in [1.54, 1.807) is 7.11 Å². The van der Waals surface area contributed by atoms with E-state index in [1.165, 1.54) is 0 Å². The zero-order chi connectivity index (χ0) is 18.2. The van der Waals surface area contributed by atoms with Crippen LogP contribution in [0.2, 0.25) is 0 Å². The molecule has 134 valence electrons. The molecule has 0 saturated heterocycles. The summed E-state index contributed by atoms with van der Waals surface area (Å²) in [6, 6.07) is 16.4. The van der Waals surface area contributed by atoms with Crippen molar-refractivity contribution in [3.8, 4) is 16.9 Å². The number of carbonyl (C=O) groups excluding carboxylic acids is 1. The van der Waals surface area contributed by atoms with E-state index < -0.39 is 0 Å². The van der Waals surface area contributed by atoms with Gasteiger partial charge in [0.1, 0.15) is 5.75 Å². The van der Waals surface area contributed by atoms with Crippen LogP contribution in [0.15, 0.2) is 48.5 Å². The fourth-order valence-electron chi connectivity index (χ4n) is 2.83. The Bertz CT molecular complexity index is 681. The van der Waals surface area contributed by atoms with E-state index in [1.807, 2.05) is 43.0 Å². The van der Waals surface area contributed by atoms with Crippen molar-refractivity contribution in [2.75, 3.05) is 13.7 Å². The van der Waals surface area contributed by atoms with Crippen LogP contribution in [-0.4, -0.2) is 30.5 Å². The van der Waals surface area contributed by atoms with Gasteiger partial charge < -0.3 is 15.4 Å². The van der Waals surface area contributed by atoms with Gasteiger partial charge in [-0.3, -0.25) is 4.79 Å². The number of para-hydroxylation sites is 1. The molecule has 0 atom stereocenters. The molecule has 4 nitrogen and oxygen atoms in total. The highest BCUT2D eigenvalue weighted by molar-refractivity contribution is 5.76. The van der Waals surface area contributed by atoms with Crippen LogP contribution in [0.3, 0.4) is 0 Å². The van der Waals surface area contributed by atoms with E-state index in [4.69, 9.17) is 10.5 Å². The molecule has 0 aliphatic rings. The topological polar surface area (TPSA) is 55.6 Å². The molecule has 0 aliphatic heterocycles. The molecule has 0 bridgehead atoms. The summed E-state index contributed by atoms with van der Waals surface area (Å²) < 4.78 is 5.43. The third kappa shape index (κ3) is 5.07. The highest BCUT2D eigenvalue weighted by Gasteiger charge is 2.16. The van der Waals surface area contributed by atoms with Gasteiger partial charge in [-0.2, -0.15) is 0 Å². The predicted molar refractivity (Wildman–Crippen MR) is 102 cm³/mol. The van der Waals surface area contributed by atoms with Crippen molar-refractivity contribution in [2.24, 2.45) is 5.73 Å². The van der Waals surface area contributed by atoms with Gasteiger partial charge in [-0.25, -0.2) is 0 Å². The molecule has 2 aromatic rings. The van der Waals surface area contributed by atoms with Crippen LogP contribution in [0.5, 0.6) is 5.75 Å². The molecule has 0 aliphatic carbocycles. The fourth-order valence-corrected chi connectivity index (χ4v) is 2.83. The summed E-state index contributed by atoms with van der Waals surface area (Å²) in [7, 11) is 1.68. The summed E-state index contributed by atoms with van der Waals surface area (Å²) in [6.07, 6.45) is 1.24. The van der Waals surface area contributed by atoms with Gasteiger partial charge in [0.25, 0.3) is 0 Å². The van der Waals surface area contributed by atoms with Crippen molar-refractivity contribution in [1.82, 2.24) is 4.90 Å². The molecular weight excluding hydrogens is 312 g/mol. The number of hydrogen-bond donors (Lipinski definition) is 1. The SMILES string of the molecule is COc1ccccc1-c1ccc(CN(C(=O)CCCN)C(C)C)cc1. The minimum Gasteiger partial charge on any atom is -0.496 e. The molecule has 0 fully saturated rings. The second-order valence-corrected chi connectivity index (χ2v) is 6.40. The molecule has 2 aromatic carbocycles. The molecule has 0 spiro atoms. The van der Waals surface area contributed by atoms with E-state index in [9.17, 15) is 4.79 Å². The van der Waals surface area contributed by atoms with Crippen LogP contribution in [0.4, 0.5) is 0 Å². The number of rotatable bonds is 8. The third-order valence-corrected chi connectivity index (χ3v) is 4.26. The number of nitrogens with two attached hydrogens (primary N) is 1. The maximum Gasteiger partial charge on any atom is 0.223 e. The molecule has 0 radical (unpaired) electrons. The van der Waals surface area contributed by atoms with Gasteiger partial charge >= 0.3 is 0 Å². The fraction of sp³-hybridized carbons (Fsp3) is 0.381. The van der Waals surface area contributed by atoms with Crippen LogP contribution in [0, 0.1) is 0 Å². The first-order valence-corrected chi connectivity index (χ1v) is 8.78. The van der Waals surface area contributed by atoms with Crippen molar-refractivity contribution in [1.29, 1.82) is 0 Å². The predicted octanol–water partition coefficient (Wildman–Crippen LogP) is 3.84. The summed E-state index contributed by atoms with van der Waals surface area (Å²) in [6.45, 7) is 5.26. The lowest BCUT2D eigenvalue weighted by Crippen LogP contribution is -2.36. The molecule has 0 saturated carbocycles. The summed E-state index contributed by atoms with van der Waals surface area (Å²) in [5, 5.41) is 0. The van der Waals surface area contributed by atoms with Crippen LogP contribution >= 0.6 is 0 Å². The highest BCUT2D eigenvalue weighted by Crippen LogP contribution is 2.29. The van der Waals surface area contributed by atoms with Crippen molar-refractivity contribution in [3.05, 3.63) is 54.1 Å². The summed E-state index contributed by atoms with van der Waals surface area (Å²) in [5.41, 5.74) is 8.81. The first kappa shape index (κ1) is 19.0. The van der Waals surface area contributed by atoms with E-state index >= 15 is 0 Å². The largest absolute Gasteiger partial charge is 0.496 e. The molecule has 0 unspecified atom stereocenters. The molecule has 4 heteroatoms. The van der Waals surface area contributed by atoms with E-state index in [0.29, 0.717) is 19.5 Å². The Labute approximate surface area is 150 Å². The quantitative estimate of drug-likeness (QED) is 0.794. The van der Waals surface area contributed by atoms with Gasteiger partial charge in [-0.1, -0.05) is 42.5 Å². The molecule has 0 aromatic heterocycles. The number of ether oxygens (including phenoxy) is 1. The van der Waals surface area contributed by atoms with Crippen molar-refractivity contribution in [2.45, 2.75) is 39.3 Å². The Hall–Kier alpha value is -2.33. The summed E-state index contributed by atoms with van der Waals surface area (Å²) >= 11 is 0. The average Bonchev–Trinajstić information content (AvgIpc) is 2.64. The Kier molecular flexibility index (Phi) is 7.02. The molecular formula is C21H28N2O2. The third-order valence-electron chi connectivity index (χ3n) is 4.26. The minimum atomic E-state index is 0.161. The second kappa shape index (κ2) is 9.23. The maximum absolute atomic E-state index is 12.4. The molecule has 25 heavy (non-hydrogen) atoms. The molecule has 2 rings (SSSR count). The number of hydrogen-bond acceptors (Lipinski definition) is 3. The van der Waals surface area contributed by atoms with Crippen LogP contribution in [-0.2, 0) is 11.3 Å². The first-order chi connectivity index (χ1) is 12.1. The van der Waals surface area contributed by atoms with Gasteiger partial charge in [0.15, 0.2) is 0 Å². The average molecular weight is 340 g/mol. The van der Waals surface area contributed by atoms with Gasteiger partial charge in [0, 0.05) is 24.6 Å². The Morgan fingerprint density at radius 1 is 1.12 bits per heavy atom. The monoisotopic (exact) mass is 340 g/mol. The van der Waals surface area contributed by atoms with Crippen molar-refractivity contribution in [3.63, 3.8) is 0 Å². The summed E-state index contributed by atoms with van der Waals surface area (Å²) in [4.78, 5) is 14.3. The lowest BCUT2D eigenvalue weighted by atomic mass is 10.0. The second-order valence-electron chi connectivity index (χ2n) is 6.40. The van der Waals surface area contributed by atoms with Gasteiger partial charge in [-0.15, -0.1) is 0 Å². The maximum atomic E-state index is 12.4. The number of carbonyl (C=O) groups is 1. The zero-order valence-corrected chi connectivity index (χ0v) is 15.4. The highest BCUT2D eigenvalue weighted by atomic mass is 16.5. The first-order valence-electron chi connectivity index (χ1n) is 8.78. The lowest BCUT2D eigenvalue weighted by molar-refractivity contribution is -0.133. The van der Waals surface area contributed by atoms with Crippen LogP contribution in [0.25, 0.3) is 11.1 Å². The summed E-state index contributed by atoms with van der Waals surface area (Å²) in [5.74, 6) is 1.02.